The molecular formula is C21H23FN4O3. The van der Waals surface area contributed by atoms with Gasteiger partial charge in [-0.3, -0.25) is 4.79 Å². The van der Waals surface area contributed by atoms with Crippen molar-refractivity contribution in [1.29, 1.82) is 0 Å². The van der Waals surface area contributed by atoms with Gasteiger partial charge in [0, 0.05) is 62.7 Å². The number of nitrogens with zero attached hydrogens (tertiary/aromatic N) is 3. The summed E-state index contributed by atoms with van der Waals surface area (Å²) in [6, 6.07) is 6.94. The van der Waals surface area contributed by atoms with Gasteiger partial charge in [0.15, 0.2) is 0 Å². The number of benzene rings is 1. The lowest BCUT2D eigenvalue weighted by Gasteiger charge is -2.35. The van der Waals surface area contributed by atoms with Gasteiger partial charge in [-0.1, -0.05) is 0 Å². The number of carboxylic acid groups (broad SMARTS) is 1. The van der Waals surface area contributed by atoms with Crippen LogP contribution in [0.2, 0.25) is 0 Å². The molecule has 152 valence electrons. The summed E-state index contributed by atoms with van der Waals surface area (Å²) in [7, 11) is 0. The van der Waals surface area contributed by atoms with E-state index in [1.54, 1.807) is 10.6 Å². The van der Waals surface area contributed by atoms with Gasteiger partial charge in [0.05, 0.1) is 11.2 Å². The number of pyridine rings is 1. The molecule has 1 unspecified atom stereocenters. The Morgan fingerprint density at radius 2 is 2.07 bits per heavy atom. The number of aromatic nitrogens is 2. The molecule has 7 nitrogen and oxygen atoms in total. The van der Waals surface area contributed by atoms with Gasteiger partial charge in [-0.25, -0.2) is 9.18 Å². The molecule has 1 atom stereocenters. The fraction of sp³-hybridized carbons (Fsp3) is 0.333. The molecule has 0 bridgehead atoms. The molecule has 0 aliphatic carbocycles. The first-order valence-corrected chi connectivity index (χ1v) is 9.67. The number of hydrogen-bond donors (Lipinski definition) is 2. The minimum atomic E-state index is -1.31. The number of carbonyl (C=O) groups is 1. The largest absolute Gasteiger partial charge is 0.477 e. The predicted molar refractivity (Wildman–Crippen MR) is 109 cm³/mol. The molecule has 4 rings (SSSR count). The van der Waals surface area contributed by atoms with Gasteiger partial charge in [0.2, 0.25) is 5.43 Å². The van der Waals surface area contributed by atoms with E-state index in [-0.39, 0.29) is 17.0 Å². The zero-order chi connectivity index (χ0) is 20.5. The van der Waals surface area contributed by atoms with E-state index in [9.17, 15) is 19.1 Å². The van der Waals surface area contributed by atoms with Gasteiger partial charge in [-0.2, -0.15) is 0 Å². The van der Waals surface area contributed by atoms with Crippen molar-refractivity contribution < 1.29 is 14.3 Å². The number of aromatic carboxylic acids is 1. The number of aryl methyl sites for hydroxylation is 1. The zero-order valence-corrected chi connectivity index (χ0v) is 16.1. The van der Waals surface area contributed by atoms with Crippen molar-refractivity contribution in [2.24, 2.45) is 0 Å². The Kier molecular flexibility index (Phi) is 5.10. The van der Waals surface area contributed by atoms with Crippen molar-refractivity contribution in [3.8, 4) is 0 Å². The number of rotatable bonds is 5. The highest BCUT2D eigenvalue weighted by molar-refractivity contribution is 5.93. The zero-order valence-electron chi connectivity index (χ0n) is 16.1. The van der Waals surface area contributed by atoms with Crippen LogP contribution in [0, 0.1) is 5.82 Å². The van der Waals surface area contributed by atoms with Crippen molar-refractivity contribution in [2.45, 2.75) is 26.1 Å². The molecule has 1 aliphatic rings. The van der Waals surface area contributed by atoms with Crippen LogP contribution in [-0.4, -0.2) is 45.9 Å². The van der Waals surface area contributed by atoms with E-state index in [0.717, 1.165) is 13.1 Å². The molecule has 0 amide bonds. The van der Waals surface area contributed by atoms with E-state index in [1.807, 2.05) is 36.4 Å². The highest BCUT2D eigenvalue weighted by Gasteiger charge is 2.24. The number of fused-ring (bicyclic) bond motifs is 1. The summed E-state index contributed by atoms with van der Waals surface area (Å²) in [5.74, 6) is -1.82. The Hall–Kier alpha value is -3.13. The standard InChI is InChI=1S/C21H23FN4O3/c1-2-25-13-16(21(28)29)20(27)15-9-17(22)19(10-18(15)25)26-8-5-23-14(12-26)11-24-6-3-4-7-24/h3-4,6-7,9-10,13-14,23H,2,5,8,11-12H2,1H3,(H,28,29). The Balaban J connectivity index is 1.72. The van der Waals surface area contributed by atoms with Crippen molar-refractivity contribution in [3.63, 3.8) is 0 Å². The fourth-order valence-corrected chi connectivity index (χ4v) is 3.97. The first-order valence-electron chi connectivity index (χ1n) is 9.67. The number of halogens is 1. The smallest absolute Gasteiger partial charge is 0.341 e. The Bertz CT molecular complexity index is 1110. The van der Waals surface area contributed by atoms with Gasteiger partial charge in [-0.05, 0) is 31.2 Å². The third-order valence-corrected chi connectivity index (χ3v) is 5.41. The lowest BCUT2D eigenvalue weighted by Crippen LogP contribution is -2.52. The molecule has 1 fully saturated rings. The van der Waals surface area contributed by atoms with Crippen molar-refractivity contribution >= 4 is 22.6 Å². The Morgan fingerprint density at radius 1 is 1.31 bits per heavy atom. The lowest BCUT2D eigenvalue weighted by atomic mass is 10.1. The molecule has 3 aromatic rings. The van der Waals surface area contributed by atoms with Gasteiger partial charge < -0.3 is 24.5 Å². The number of hydrogen-bond acceptors (Lipinski definition) is 4. The van der Waals surface area contributed by atoms with Crippen LogP contribution in [0.3, 0.4) is 0 Å². The molecule has 29 heavy (non-hydrogen) atoms. The first-order chi connectivity index (χ1) is 14.0. The number of carboxylic acids is 1. The molecule has 2 aromatic heterocycles. The number of piperazine rings is 1. The summed E-state index contributed by atoms with van der Waals surface area (Å²) in [5.41, 5.74) is -0.0329. The third kappa shape index (κ3) is 3.63. The summed E-state index contributed by atoms with van der Waals surface area (Å²) in [5, 5.41) is 12.8. The van der Waals surface area contributed by atoms with E-state index in [4.69, 9.17) is 0 Å². The molecule has 0 spiro atoms. The third-order valence-electron chi connectivity index (χ3n) is 5.41. The van der Waals surface area contributed by atoms with Gasteiger partial charge in [0.25, 0.3) is 0 Å². The quantitative estimate of drug-likeness (QED) is 0.688. The normalized spacial score (nSPS) is 17.0. The molecule has 1 aromatic carbocycles. The topological polar surface area (TPSA) is 79.5 Å². The summed E-state index contributed by atoms with van der Waals surface area (Å²) in [4.78, 5) is 25.9. The average Bonchev–Trinajstić information content (AvgIpc) is 3.21. The molecule has 0 radical (unpaired) electrons. The monoisotopic (exact) mass is 398 g/mol. The maximum absolute atomic E-state index is 15.0. The maximum atomic E-state index is 15.0. The van der Waals surface area contributed by atoms with E-state index in [1.165, 1.54) is 12.3 Å². The van der Waals surface area contributed by atoms with E-state index in [0.29, 0.717) is 30.8 Å². The first kappa shape index (κ1) is 19.2. The molecule has 1 aliphatic heterocycles. The molecular weight excluding hydrogens is 375 g/mol. The fourth-order valence-electron chi connectivity index (χ4n) is 3.97. The van der Waals surface area contributed by atoms with Gasteiger partial charge in [-0.15, -0.1) is 0 Å². The summed E-state index contributed by atoms with van der Waals surface area (Å²) < 4.78 is 18.8. The molecule has 2 N–H and O–H groups in total. The van der Waals surface area contributed by atoms with Crippen LogP contribution in [0.5, 0.6) is 0 Å². The second-order valence-electron chi connectivity index (χ2n) is 7.26. The van der Waals surface area contributed by atoms with Crippen LogP contribution in [-0.2, 0) is 13.1 Å². The van der Waals surface area contributed by atoms with Crippen LogP contribution in [0.15, 0.2) is 47.7 Å². The van der Waals surface area contributed by atoms with E-state index < -0.39 is 17.2 Å². The Labute approximate surface area is 167 Å². The minimum absolute atomic E-state index is 0.0898. The van der Waals surface area contributed by atoms with Gasteiger partial charge >= 0.3 is 5.97 Å². The second-order valence-corrected chi connectivity index (χ2v) is 7.26. The lowest BCUT2D eigenvalue weighted by molar-refractivity contribution is 0.0695. The number of nitrogens with one attached hydrogen (secondary N) is 1. The Morgan fingerprint density at radius 3 is 2.76 bits per heavy atom. The van der Waals surface area contributed by atoms with Crippen molar-refractivity contribution in [2.75, 3.05) is 24.5 Å². The number of anilines is 1. The average molecular weight is 398 g/mol. The van der Waals surface area contributed by atoms with Crippen molar-refractivity contribution in [1.82, 2.24) is 14.5 Å². The molecule has 8 heteroatoms. The van der Waals surface area contributed by atoms with Crippen LogP contribution in [0.25, 0.3) is 10.9 Å². The summed E-state index contributed by atoms with van der Waals surface area (Å²) in [6.07, 6.45) is 5.33. The summed E-state index contributed by atoms with van der Waals surface area (Å²) in [6.45, 7) is 5.11. The van der Waals surface area contributed by atoms with E-state index >= 15 is 0 Å². The predicted octanol–water partition coefficient (Wildman–Crippen LogP) is 2.14. The highest BCUT2D eigenvalue weighted by atomic mass is 19.1. The molecule has 0 saturated carbocycles. The van der Waals surface area contributed by atoms with Crippen LogP contribution >= 0.6 is 0 Å². The van der Waals surface area contributed by atoms with Crippen LogP contribution in [0.4, 0.5) is 10.1 Å². The van der Waals surface area contributed by atoms with Crippen LogP contribution < -0.4 is 15.6 Å². The minimum Gasteiger partial charge on any atom is -0.477 e. The summed E-state index contributed by atoms with van der Waals surface area (Å²) >= 11 is 0. The van der Waals surface area contributed by atoms with Crippen LogP contribution in [0.1, 0.15) is 17.3 Å². The van der Waals surface area contributed by atoms with Crippen molar-refractivity contribution in [3.05, 3.63) is 64.5 Å². The van der Waals surface area contributed by atoms with Gasteiger partial charge in [0.1, 0.15) is 11.4 Å². The maximum Gasteiger partial charge on any atom is 0.341 e. The second kappa shape index (κ2) is 7.71. The SMILES string of the molecule is CCn1cc(C(=O)O)c(=O)c2cc(F)c(N3CCNC(Cn4cccc4)C3)cc21. The molecule has 3 heterocycles. The van der Waals surface area contributed by atoms with E-state index in [2.05, 4.69) is 9.88 Å². The highest BCUT2D eigenvalue weighted by Crippen LogP contribution is 2.26. The molecule has 1 saturated heterocycles.